The van der Waals surface area contributed by atoms with Crippen molar-refractivity contribution in [1.82, 2.24) is 24.8 Å². The molecule has 5 aromatic rings. The van der Waals surface area contributed by atoms with Crippen LogP contribution in [0.4, 0.5) is 24.7 Å². The van der Waals surface area contributed by atoms with E-state index in [9.17, 15) is 18.0 Å². The fraction of sp³-hybridized carbons (Fsp3) is 0.0800. The average Bonchev–Trinajstić information content (AvgIpc) is 3.55. The molecule has 0 saturated heterocycles. The third-order valence-electron chi connectivity index (χ3n) is 5.60. The minimum Gasteiger partial charge on any atom is -0.496 e. The van der Waals surface area contributed by atoms with Crippen molar-refractivity contribution in [2.45, 2.75) is 6.18 Å². The lowest BCUT2D eigenvalue weighted by Gasteiger charge is -2.10. The van der Waals surface area contributed by atoms with Crippen LogP contribution in [0.15, 0.2) is 72.1 Å². The Morgan fingerprint density at radius 3 is 2.58 bits per heavy atom. The quantitative estimate of drug-likeness (QED) is 0.303. The largest absolute Gasteiger partial charge is 0.496 e. The summed E-state index contributed by atoms with van der Waals surface area (Å²) in [5, 5.41) is 11.4. The molecule has 1 amide bonds. The molecular weight excluding hydrogens is 503 g/mol. The number of hydrogen-bond donors (Lipinski definition) is 2. The molecule has 13 heteroatoms. The second kappa shape index (κ2) is 9.35. The SMILES string of the molecule is C=CC(=O)Nc1ccc(-c2nn3ncnc(N)c3c2-c2ccc(-c3nc(C(F)(F)F)co3)c(OC)c2)cc1. The van der Waals surface area contributed by atoms with Gasteiger partial charge >= 0.3 is 6.18 Å². The molecule has 3 heterocycles. The van der Waals surface area contributed by atoms with E-state index >= 15 is 0 Å². The number of ether oxygens (including phenoxy) is 1. The van der Waals surface area contributed by atoms with Gasteiger partial charge in [0.15, 0.2) is 11.5 Å². The lowest BCUT2D eigenvalue weighted by molar-refractivity contribution is -0.141. The molecule has 3 N–H and O–H groups in total. The number of fused-ring (bicyclic) bond motifs is 1. The standard InChI is InChI=1S/C25H18F3N7O3/c1-3-19(36)32-15-7-4-13(5-8-15)21-20(22-23(29)30-12-31-35(22)34-21)14-6-9-16(17(10-14)37-2)24-33-18(11-38-24)25(26,27)28/h3-12H,1H2,2H3,(H,32,36)(H2,29,30,31). The molecule has 38 heavy (non-hydrogen) atoms. The first-order valence-corrected chi connectivity index (χ1v) is 10.9. The summed E-state index contributed by atoms with van der Waals surface area (Å²) in [5.74, 6) is -0.230. The summed E-state index contributed by atoms with van der Waals surface area (Å²) in [4.78, 5) is 19.2. The van der Waals surface area contributed by atoms with E-state index in [0.717, 1.165) is 6.08 Å². The van der Waals surface area contributed by atoms with Crippen molar-refractivity contribution < 1.29 is 27.1 Å². The molecule has 3 aromatic heterocycles. The van der Waals surface area contributed by atoms with E-state index in [4.69, 9.17) is 14.9 Å². The van der Waals surface area contributed by atoms with E-state index in [0.29, 0.717) is 39.9 Å². The van der Waals surface area contributed by atoms with Gasteiger partial charge in [0, 0.05) is 16.8 Å². The number of benzene rings is 2. The number of carbonyl (C=O) groups excluding carboxylic acids is 1. The molecule has 0 fully saturated rings. The summed E-state index contributed by atoms with van der Waals surface area (Å²) in [5.41, 5.74) is 8.51. The Balaban J connectivity index is 1.64. The van der Waals surface area contributed by atoms with Crippen molar-refractivity contribution in [1.29, 1.82) is 0 Å². The van der Waals surface area contributed by atoms with E-state index in [1.54, 1.807) is 36.4 Å². The number of rotatable bonds is 6. The Morgan fingerprint density at radius 1 is 1.18 bits per heavy atom. The van der Waals surface area contributed by atoms with Gasteiger partial charge < -0.3 is 20.2 Å². The highest BCUT2D eigenvalue weighted by Crippen LogP contribution is 2.41. The van der Waals surface area contributed by atoms with Gasteiger partial charge in [-0.25, -0.2) is 9.97 Å². The number of nitrogens with zero attached hydrogens (tertiary/aromatic N) is 5. The van der Waals surface area contributed by atoms with Crippen LogP contribution in [0.1, 0.15) is 5.69 Å². The van der Waals surface area contributed by atoms with E-state index in [1.165, 1.54) is 24.1 Å². The van der Waals surface area contributed by atoms with Gasteiger partial charge in [-0.2, -0.15) is 13.2 Å². The van der Waals surface area contributed by atoms with Crippen molar-refractivity contribution in [2.24, 2.45) is 0 Å². The van der Waals surface area contributed by atoms with Gasteiger partial charge in [-0.15, -0.1) is 14.8 Å². The number of halogens is 3. The number of alkyl halides is 3. The van der Waals surface area contributed by atoms with Crippen LogP contribution in [-0.4, -0.2) is 37.8 Å². The maximum atomic E-state index is 13.0. The van der Waals surface area contributed by atoms with Crippen LogP contribution in [0.2, 0.25) is 0 Å². The summed E-state index contributed by atoms with van der Waals surface area (Å²) in [6.07, 6.45) is -1.68. The van der Waals surface area contributed by atoms with Crippen LogP contribution in [0, 0.1) is 0 Å². The fourth-order valence-corrected chi connectivity index (χ4v) is 3.85. The highest BCUT2D eigenvalue weighted by molar-refractivity contribution is 6.00. The van der Waals surface area contributed by atoms with Crippen molar-refractivity contribution >= 4 is 22.9 Å². The topological polar surface area (TPSA) is 133 Å². The van der Waals surface area contributed by atoms with E-state index < -0.39 is 11.9 Å². The number of nitrogen functional groups attached to an aromatic ring is 1. The lowest BCUT2D eigenvalue weighted by Crippen LogP contribution is -2.06. The van der Waals surface area contributed by atoms with Gasteiger partial charge in [0.2, 0.25) is 11.8 Å². The normalized spacial score (nSPS) is 11.5. The Labute approximate surface area is 212 Å². The van der Waals surface area contributed by atoms with Gasteiger partial charge in [-0.3, -0.25) is 4.79 Å². The number of methoxy groups -OCH3 is 1. The zero-order chi connectivity index (χ0) is 27.0. The Hall–Kier alpha value is -5.20. The zero-order valence-corrected chi connectivity index (χ0v) is 19.7. The number of aromatic nitrogens is 5. The van der Waals surface area contributed by atoms with Crippen molar-refractivity contribution in [3.8, 4) is 39.6 Å². The number of nitrogens with two attached hydrogens (primary N) is 1. The van der Waals surface area contributed by atoms with Gasteiger partial charge in [0.1, 0.15) is 29.6 Å². The molecule has 0 bridgehead atoms. The number of anilines is 2. The van der Waals surface area contributed by atoms with Crippen LogP contribution in [-0.2, 0) is 11.0 Å². The van der Waals surface area contributed by atoms with Crippen LogP contribution in [0.3, 0.4) is 0 Å². The number of carbonyl (C=O) groups is 1. The molecule has 0 saturated carbocycles. The maximum absolute atomic E-state index is 13.0. The van der Waals surface area contributed by atoms with Gasteiger partial charge in [0.05, 0.1) is 12.7 Å². The third kappa shape index (κ3) is 4.40. The maximum Gasteiger partial charge on any atom is 0.436 e. The first-order valence-electron chi connectivity index (χ1n) is 10.9. The van der Waals surface area contributed by atoms with E-state index in [-0.39, 0.29) is 28.9 Å². The number of nitrogens with one attached hydrogen (secondary N) is 1. The Bertz CT molecular complexity index is 1670. The van der Waals surface area contributed by atoms with E-state index in [1.807, 2.05) is 0 Å². The van der Waals surface area contributed by atoms with Crippen LogP contribution < -0.4 is 15.8 Å². The predicted molar refractivity (Wildman–Crippen MR) is 132 cm³/mol. The second-order valence-corrected chi connectivity index (χ2v) is 7.93. The highest BCUT2D eigenvalue weighted by atomic mass is 19.4. The third-order valence-corrected chi connectivity index (χ3v) is 5.60. The fourth-order valence-electron chi connectivity index (χ4n) is 3.85. The minimum atomic E-state index is -4.65. The average molecular weight is 521 g/mol. The number of hydrogen-bond acceptors (Lipinski definition) is 8. The summed E-state index contributed by atoms with van der Waals surface area (Å²) >= 11 is 0. The zero-order valence-electron chi connectivity index (χ0n) is 19.7. The molecule has 2 aromatic carbocycles. The smallest absolute Gasteiger partial charge is 0.436 e. The summed E-state index contributed by atoms with van der Waals surface area (Å²) < 4.78 is 51.0. The molecule has 0 unspecified atom stereocenters. The first-order chi connectivity index (χ1) is 18.2. The second-order valence-electron chi connectivity index (χ2n) is 7.93. The molecular formula is C25H18F3N7O3. The Kier molecular flexibility index (Phi) is 6.03. The van der Waals surface area contributed by atoms with Crippen molar-refractivity contribution in [3.05, 3.63) is 73.4 Å². The van der Waals surface area contributed by atoms with Crippen LogP contribution >= 0.6 is 0 Å². The van der Waals surface area contributed by atoms with Crippen LogP contribution in [0.25, 0.3) is 39.4 Å². The van der Waals surface area contributed by atoms with E-state index in [2.05, 4.69) is 32.1 Å². The molecule has 0 atom stereocenters. The summed E-state index contributed by atoms with van der Waals surface area (Å²) in [6.45, 7) is 3.43. The monoisotopic (exact) mass is 521 g/mol. The minimum absolute atomic E-state index is 0.161. The molecule has 0 aliphatic heterocycles. The summed E-state index contributed by atoms with van der Waals surface area (Å²) in [6, 6.07) is 11.7. The Morgan fingerprint density at radius 2 is 1.92 bits per heavy atom. The summed E-state index contributed by atoms with van der Waals surface area (Å²) in [7, 11) is 1.38. The molecule has 0 aliphatic carbocycles. The van der Waals surface area contributed by atoms with Gasteiger partial charge in [0.25, 0.3) is 0 Å². The molecule has 5 rings (SSSR count). The van der Waals surface area contributed by atoms with Crippen LogP contribution in [0.5, 0.6) is 5.75 Å². The molecule has 0 radical (unpaired) electrons. The molecule has 0 spiro atoms. The van der Waals surface area contributed by atoms with Crippen molar-refractivity contribution in [3.63, 3.8) is 0 Å². The first kappa shape index (κ1) is 24.5. The molecule has 10 nitrogen and oxygen atoms in total. The lowest BCUT2D eigenvalue weighted by atomic mass is 9.98. The number of oxazole rings is 1. The number of amides is 1. The molecule has 0 aliphatic rings. The van der Waals surface area contributed by atoms with Crippen molar-refractivity contribution in [2.75, 3.05) is 18.2 Å². The van der Waals surface area contributed by atoms with Gasteiger partial charge in [-0.1, -0.05) is 24.8 Å². The highest BCUT2D eigenvalue weighted by Gasteiger charge is 2.35. The van der Waals surface area contributed by atoms with Gasteiger partial charge in [-0.05, 0) is 35.9 Å². The predicted octanol–water partition coefficient (Wildman–Crippen LogP) is 4.85. The molecule has 192 valence electrons.